The van der Waals surface area contributed by atoms with Crippen LogP contribution in [0.5, 0.6) is 0 Å². The molecule has 0 atom stereocenters. The fourth-order valence-corrected chi connectivity index (χ4v) is 1.06. The molecule has 1 rings (SSSR count). The highest BCUT2D eigenvalue weighted by Crippen LogP contribution is 2.16. The van der Waals surface area contributed by atoms with E-state index in [2.05, 4.69) is 6.58 Å². The van der Waals surface area contributed by atoms with Crippen molar-refractivity contribution in [1.82, 2.24) is 0 Å². The molecule has 0 aliphatic carbocycles. The van der Waals surface area contributed by atoms with Gasteiger partial charge in [0.2, 0.25) is 0 Å². The number of carbonyl (C=O) groups is 1. The average Bonchev–Trinajstić information content (AvgIpc) is 2.04. The maximum absolute atomic E-state index is 10.6. The highest BCUT2D eigenvalue weighted by molar-refractivity contribution is 6.31. The topological polar surface area (TPSA) is 37.3 Å². The van der Waals surface area contributed by atoms with Gasteiger partial charge in [-0.3, -0.25) is 0 Å². The van der Waals surface area contributed by atoms with Gasteiger partial charge in [0.1, 0.15) is 0 Å². The number of carboxylic acids is 1. The van der Waals surface area contributed by atoms with Crippen molar-refractivity contribution in [2.24, 2.45) is 0 Å². The summed E-state index contributed by atoms with van der Waals surface area (Å²) in [6.07, 6.45) is 1.49. The van der Waals surface area contributed by atoms with Gasteiger partial charge in [-0.05, 0) is 17.7 Å². The Morgan fingerprint density at radius 1 is 1.58 bits per heavy atom. The third kappa shape index (κ3) is 1.66. The lowest BCUT2D eigenvalue weighted by molar-refractivity contribution is 0.0696. The van der Waals surface area contributed by atoms with Gasteiger partial charge in [-0.2, -0.15) is 0 Å². The first-order valence-corrected chi connectivity index (χ1v) is 3.68. The van der Waals surface area contributed by atoms with Gasteiger partial charge in [0.15, 0.2) is 0 Å². The van der Waals surface area contributed by atoms with Crippen LogP contribution in [0.2, 0.25) is 5.02 Å². The van der Waals surface area contributed by atoms with Gasteiger partial charge >= 0.3 is 5.97 Å². The van der Waals surface area contributed by atoms with E-state index < -0.39 is 5.97 Å². The van der Waals surface area contributed by atoms with E-state index in [1.165, 1.54) is 12.1 Å². The third-order valence-electron chi connectivity index (χ3n) is 1.47. The van der Waals surface area contributed by atoms with Crippen LogP contribution >= 0.6 is 11.6 Å². The number of carboxylic acid groups (broad SMARTS) is 1. The molecule has 0 saturated carbocycles. The Labute approximate surface area is 75.1 Å². The van der Waals surface area contributed by atoms with E-state index >= 15 is 0 Å². The predicted octanol–water partition coefficient (Wildman–Crippen LogP) is 2.68. The van der Waals surface area contributed by atoms with Crippen LogP contribution in [0.3, 0.4) is 0 Å². The van der Waals surface area contributed by atoms with Crippen molar-refractivity contribution >= 4 is 23.6 Å². The van der Waals surface area contributed by atoms with Gasteiger partial charge in [-0.15, -0.1) is 0 Å². The Kier molecular flexibility index (Phi) is 2.51. The third-order valence-corrected chi connectivity index (χ3v) is 1.70. The summed E-state index contributed by atoms with van der Waals surface area (Å²) in [5, 5.41) is 9.13. The van der Waals surface area contributed by atoms with Gasteiger partial charge in [-0.1, -0.05) is 30.3 Å². The van der Waals surface area contributed by atoms with Gasteiger partial charge in [0.05, 0.1) is 5.56 Å². The van der Waals surface area contributed by atoms with Crippen molar-refractivity contribution < 1.29 is 9.90 Å². The molecule has 0 aliphatic rings. The number of aromatic carboxylic acids is 1. The molecule has 0 radical (unpaired) electrons. The number of halogens is 1. The summed E-state index contributed by atoms with van der Waals surface area (Å²) in [6.45, 7) is 3.50. The van der Waals surface area contributed by atoms with Crippen molar-refractivity contribution in [3.8, 4) is 0 Å². The highest BCUT2D eigenvalue weighted by atomic mass is 35.5. The molecule has 3 heteroatoms. The van der Waals surface area contributed by atoms with E-state index in [-0.39, 0.29) is 5.56 Å². The monoisotopic (exact) mass is 182 g/mol. The van der Waals surface area contributed by atoms with Gasteiger partial charge in [-0.25, -0.2) is 4.79 Å². The highest BCUT2D eigenvalue weighted by Gasteiger charge is 2.07. The van der Waals surface area contributed by atoms with E-state index in [0.717, 1.165) is 0 Å². The Balaban J connectivity index is 3.30. The molecule has 0 spiro atoms. The zero-order chi connectivity index (χ0) is 9.14. The fraction of sp³-hybridized carbons (Fsp3) is 0. The van der Waals surface area contributed by atoms with Gasteiger partial charge in [0, 0.05) is 5.02 Å². The maximum atomic E-state index is 10.6. The first-order valence-electron chi connectivity index (χ1n) is 3.30. The van der Waals surface area contributed by atoms with Crippen LogP contribution in [-0.2, 0) is 0 Å². The van der Waals surface area contributed by atoms with Gasteiger partial charge < -0.3 is 5.11 Å². The maximum Gasteiger partial charge on any atom is 0.336 e. The number of hydrogen-bond acceptors (Lipinski definition) is 1. The van der Waals surface area contributed by atoms with E-state index in [0.29, 0.717) is 10.6 Å². The molecular weight excluding hydrogens is 176 g/mol. The van der Waals surface area contributed by atoms with Crippen molar-refractivity contribution in [1.29, 1.82) is 0 Å². The smallest absolute Gasteiger partial charge is 0.336 e. The number of hydrogen-bond donors (Lipinski definition) is 1. The van der Waals surface area contributed by atoms with E-state index in [1.807, 2.05) is 0 Å². The van der Waals surface area contributed by atoms with Crippen LogP contribution in [0.1, 0.15) is 15.9 Å². The predicted molar refractivity (Wildman–Crippen MR) is 48.5 cm³/mol. The lowest BCUT2D eigenvalue weighted by Gasteiger charge is -2.00. The summed E-state index contributed by atoms with van der Waals surface area (Å²) in [7, 11) is 0. The second-order valence-electron chi connectivity index (χ2n) is 2.24. The molecule has 2 nitrogen and oxygen atoms in total. The summed E-state index contributed by atoms with van der Waals surface area (Å²) in [6, 6.07) is 4.66. The standard InChI is InChI=1S/C9H7ClO2/c1-2-6-3-4-7(10)5-8(6)9(11)12/h2-5H,1H2,(H,11,12). The summed E-state index contributed by atoms with van der Waals surface area (Å²) >= 11 is 5.62. The second kappa shape index (κ2) is 3.41. The molecule has 0 saturated heterocycles. The second-order valence-corrected chi connectivity index (χ2v) is 2.68. The van der Waals surface area contributed by atoms with Crippen molar-refractivity contribution in [3.05, 3.63) is 40.9 Å². The van der Waals surface area contributed by atoms with Gasteiger partial charge in [0.25, 0.3) is 0 Å². The SMILES string of the molecule is C=Cc1ccc(Cl)cc1C(=O)O. The quantitative estimate of drug-likeness (QED) is 0.764. The molecule has 0 aliphatic heterocycles. The zero-order valence-corrected chi connectivity index (χ0v) is 7.01. The van der Waals surface area contributed by atoms with Crippen LogP contribution in [0, 0.1) is 0 Å². The first kappa shape index (κ1) is 8.81. The lowest BCUT2D eigenvalue weighted by Crippen LogP contribution is -1.98. The normalized spacial score (nSPS) is 9.42. The Morgan fingerprint density at radius 2 is 2.25 bits per heavy atom. The summed E-state index contributed by atoms with van der Waals surface area (Å²) in [4.78, 5) is 10.6. The summed E-state index contributed by atoms with van der Waals surface area (Å²) in [5.74, 6) is -0.993. The molecule has 1 aromatic rings. The average molecular weight is 183 g/mol. The Hall–Kier alpha value is -1.28. The number of benzene rings is 1. The van der Waals surface area contributed by atoms with Crippen molar-refractivity contribution in [2.75, 3.05) is 0 Å². The molecule has 12 heavy (non-hydrogen) atoms. The molecular formula is C9H7ClO2. The van der Waals surface area contributed by atoms with Crippen LogP contribution in [0.25, 0.3) is 6.08 Å². The van der Waals surface area contributed by atoms with Crippen LogP contribution in [-0.4, -0.2) is 11.1 Å². The first-order chi connectivity index (χ1) is 5.65. The minimum atomic E-state index is -0.993. The molecule has 1 aromatic carbocycles. The fourth-order valence-electron chi connectivity index (χ4n) is 0.892. The lowest BCUT2D eigenvalue weighted by atomic mass is 10.1. The minimum absolute atomic E-state index is 0.178. The number of rotatable bonds is 2. The van der Waals surface area contributed by atoms with E-state index in [9.17, 15) is 4.79 Å². The molecule has 0 unspecified atom stereocenters. The summed E-state index contributed by atoms with van der Waals surface area (Å²) in [5.41, 5.74) is 0.754. The Morgan fingerprint density at radius 3 is 2.75 bits per heavy atom. The molecule has 0 bridgehead atoms. The van der Waals surface area contributed by atoms with Crippen LogP contribution < -0.4 is 0 Å². The van der Waals surface area contributed by atoms with Crippen LogP contribution in [0.15, 0.2) is 24.8 Å². The molecule has 1 N–H and O–H groups in total. The Bertz CT molecular complexity index is 331. The molecule has 0 aromatic heterocycles. The molecule has 62 valence electrons. The van der Waals surface area contributed by atoms with Crippen LogP contribution in [0.4, 0.5) is 0 Å². The van der Waals surface area contributed by atoms with E-state index in [1.54, 1.807) is 12.1 Å². The zero-order valence-electron chi connectivity index (χ0n) is 6.25. The molecule has 0 amide bonds. The largest absolute Gasteiger partial charge is 0.478 e. The minimum Gasteiger partial charge on any atom is -0.478 e. The summed E-state index contributed by atoms with van der Waals surface area (Å²) < 4.78 is 0. The van der Waals surface area contributed by atoms with Crippen molar-refractivity contribution in [2.45, 2.75) is 0 Å². The van der Waals surface area contributed by atoms with E-state index in [4.69, 9.17) is 16.7 Å². The molecule has 0 heterocycles. The van der Waals surface area contributed by atoms with Crippen molar-refractivity contribution in [3.63, 3.8) is 0 Å². The molecule has 0 fully saturated rings.